The lowest BCUT2D eigenvalue weighted by Crippen LogP contribution is -1.95. The Morgan fingerprint density at radius 1 is 0.352 bits per heavy atom. The first-order valence-electron chi connectivity index (χ1n) is 18.0. The van der Waals surface area contributed by atoms with Crippen LogP contribution in [0.3, 0.4) is 0 Å². The molecule has 0 N–H and O–H groups in total. The third-order valence-corrected chi connectivity index (χ3v) is 12.8. The van der Waals surface area contributed by atoms with Crippen LogP contribution in [0, 0.1) is 0 Å². The predicted molar refractivity (Wildman–Crippen MR) is 230 cm³/mol. The number of rotatable bonds is 5. The molecule has 0 fully saturated rings. The second-order valence-corrected chi connectivity index (χ2v) is 15.6. The van der Waals surface area contributed by atoms with Crippen molar-refractivity contribution in [2.24, 2.45) is 0 Å². The molecule has 3 nitrogen and oxygen atoms in total. The van der Waals surface area contributed by atoms with Crippen LogP contribution in [0.2, 0.25) is 0 Å². The number of pyridine rings is 1. The van der Waals surface area contributed by atoms with Gasteiger partial charge in [0.1, 0.15) is 0 Å². The summed E-state index contributed by atoms with van der Waals surface area (Å²) in [5.74, 6) is 0.725. The number of fused-ring (bicyclic) bond motifs is 7. The molecule has 0 saturated carbocycles. The van der Waals surface area contributed by atoms with Gasteiger partial charge < -0.3 is 0 Å². The second-order valence-electron chi connectivity index (χ2n) is 13.5. The Bertz CT molecular complexity index is 3200. The van der Waals surface area contributed by atoms with Crippen LogP contribution < -0.4 is 0 Å². The molecule has 252 valence electrons. The minimum absolute atomic E-state index is 0.725. The summed E-state index contributed by atoms with van der Waals surface area (Å²) in [4.78, 5) is 16.7. The lowest BCUT2D eigenvalue weighted by molar-refractivity contribution is 1.23. The van der Waals surface area contributed by atoms with E-state index in [-0.39, 0.29) is 0 Å². The molecule has 0 bridgehead atoms. The van der Waals surface area contributed by atoms with Crippen molar-refractivity contribution in [3.8, 4) is 55.5 Å². The summed E-state index contributed by atoms with van der Waals surface area (Å²) in [6.45, 7) is 0. The molecule has 0 aliphatic carbocycles. The molecular weight excluding hydrogens is 695 g/mol. The van der Waals surface area contributed by atoms with Gasteiger partial charge in [0.15, 0.2) is 5.82 Å². The molecule has 0 atom stereocenters. The largest absolute Gasteiger partial charge is 0.246 e. The maximum Gasteiger partial charge on any atom is 0.160 e. The monoisotopic (exact) mass is 723 g/mol. The quantitative estimate of drug-likeness (QED) is 0.177. The number of hydrogen-bond donors (Lipinski definition) is 0. The highest BCUT2D eigenvalue weighted by molar-refractivity contribution is 7.27. The fourth-order valence-electron chi connectivity index (χ4n) is 7.80. The van der Waals surface area contributed by atoms with Crippen LogP contribution in [0.15, 0.2) is 176 Å². The lowest BCUT2D eigenvalue weighted by atomic mass is 9.94. The van der Waals surface area contributed by atoms with Crippen LogP contribution in [-0.4, -0.2) is 15.0 Å². The Labute approximate surface area is 319 Å². The normalized spacial score (nSPS) is 11.7. The van der Waals surface area contributed by atoms with E-state index in [0.717, 1.165) is 61.3 Å². The van der Waals surface area contributed by atoms with Crippen molar-refractivity contribution in [3.63, 3.8) is 0 Å². The van der Waals surface area contributed by atoms with Crippen LogP contribution in [0.5, 0.6) is 0 Å². The molecule has 4 heterocycles. The van der Waals surface area contributed by atoms with Gasteiger partial charge in [-0.1, -0.05) is 158 Å². The van der Waals surface area contributed by atoms with Gasteiger partial charge in [0, 0.05) is 69.0 Å². The van der Waals surface area contributed by atoms with Crippen LogP contribution >= 0.6 is 22.7 Å². The van der Waals surface area contributed by atoms with Gasteiger partial charge in [-0.25, -0.2) is 15.0 Å². The number of hydrogen-bond acceptors (Lipinski definition) is 5. The maximum atomic E-state index is 5.33. The first-order chi connectivity index (χ1) is 26.8. The summed E-state index contributed by atoms with van der Waals surface area (Å²) >= 11 is 3.74. The van der Waals surface area contributed by atoms with E-state index in [1.165, 1.54) is 46.3 Å². The SMILES string of the molecule is c1ccc(-c2nc(-c3ccc(-c4c(-c5cccc6c5sc5ccccc56)sc5c(-c6ccccc6)nc6ccccc6c45)cc3)c3ccccc3n2)cc1. The first-order valence-corrected chi connectivity index (χ1v) is 19.7. The highest BCUT2D eigenvalue weighted by atomic mass is 32.1. The van der Waals surface area contributed by atoms with E-state index >= 15 is 0 Å². The van der Waals surface area contributed by atoms with Gasteiger partial charge in [0.05, 0.1) is 27.1 Å². The summed E-state index contributed by atoms with van der Waals surface area (Å²) in [6.07, 6.45) is 0. The van der Waals surface area contributed by atoms with Gasteiger partial charge >= 0.3 is 0 Å². The molecule has 0 spiro atoms. The van der Waals surface area contributed by atoms with E-state index < -0.39 is 0 Å². The molecule has 11 aromatic rings. The zero-order valence-corrected chi connectivity index (χ0v) is 30.5. The molecule has 5 heteroatoms. The minimum Gasteiger partial charge on any atom is -0.246 e. The van der Waals surface area contributed by atoms with Gasteiger partial charge in [-0.15, -0.1) is 22.7 Å². The Kier molecular flexibility index (Phi) is 7.22. The highest BCUT2D eigenvalue weighted by Gasteiger charge is 2.24. The third-order valence-electron chi connectivity index (χ3n) is 10.3. The molecule has 0 unspecified atom stereocenters. The molecule has 54 heavy (non-hydrogen) atoms. The van der Waals surface area contributed by atoms with Crippen molar-refractivity contribution in [1.82, 2.24) is 15.0 Å². The van der Waals surface area contributed by atoms with E-state index in [1.807, 2.05) is 46.9 Å². The van der Waals surface area contributed by atoms with Gasteiger partial charge in [0.25, 0.3) is 0 Å². The predicted octanol–water partition coefficient (Wildman–Crippen LogP) is 14.1. The fraction of sp³-hybridized carbons (Fsp3) is 0. The van der Waals surface area contributed by atoms with Crippen molar-refractivity contribution in [2.75, 3.05) is 0 Å². The summed E-state index contributed by atoms with van der Waals surface area (Å²) in [5.41, 5.74) is 10.7. The van der Waals surface area contributed by atoms with Gasteiger partial charge in [-0.2, -0.15) is 0 Å². The number of aromatic nitrogens is 3. The summed E-state index contributed by atoms with van der Waals surface area (Å²) in [5, 5.41) is 6.03. The number of thiophene rings is 2. The van der Waals surface area contributed by atoms with Crippen LogP contribution in [0.4, 0.5) is 0 Å². The van der Waals surface area contributed by atoms with E-state index in [4.69, 9.17) is 15.0 Å². The number of benzene rings is 7. The zero-order valence-electron chi connectivity index (χ0n) is 28.9. The third kappa shape index (κ3) is 4.97. The van der Waals surface area contributed by atoms with E-state index in [0.29, 0.717) is 0 Å². The summed E-state index contributed by atoms with van der Waals surface area (Å²) in [6, 6.07) is 62.3. The van der Waals surface area contributed by atoms with Crippen molar-refractivity contribution >= 4 is 74.7 Å². The first kappa shape index (κ1) is 31.0. The molecule has 7 aromatic carbocycles. The van der Waals surface area contributed by atoms with Crippen molar-refractivity contribution < 1.29 is 0 Å². The van der Waals surface area contributed by atoms with Crippen molar-refractivity contribution in [1.29, 1.82) is 0 Å². The van der Waals surface area contributed by atoms with E-state index in [2.05, 4.69) is 152 Å². The molecule has 0 amide bonds. The van der Waals surface area contributed by atoms with Crippen LogP contribution in [-0.2, 0) is 0 Å². The average Bonchev–Trinajstić information content (AvgIpc) is 3.84. The molecule has 4 aromatic heterocycles. The van der Waals surface area contributed by atoms with Crippen molar-refractivity contribution in [3.05, 3.63) is 176 Å². The molecule has 0 aliphatic heterocycles. The van der Waals surface area contributed by atoms with Crippen molar-refractivity contribution in [2.45, 2.75) is 0 Å². The summed E-state index contributed by atoms with van der Waals surface area (Å²) in [7, 11) is 0. The Hall–Kier alpha value is -6.53. The second kappa shape index (κ2) is 12.6. The number of para-hydroxylation sites is 2. The molecule has 0 aliphatic rings. The topological polar surface area (TPSA) is 38.7 Å². The molecule has 11 rings (SSSR count). The standard InChI is InChI=1S/C49H29N3S2/c1-3-14-31(15-4-1)45-48-43(36-19-7-10-23-39(36)50-45)42(47(54-48)38-22-13-21-35-34-18-9-12-25-41(34)53-46(35)38)30-26-28-32(29-27-30)44-37-20-8-11-24-40(37)51-49(52-44)33-16-5-2-6-17-33/h1-29H. The van der Waals surface area contributed by atoms with Crippen LogP contribution in [0.1, 0.15) is 0 Å². The van der Waals surface area contributed by atoms with Gasteiger partial charge in [-0.3, -0.25) is 0 Å². The zero-order chi connectivity index (χ0) is 35.6. The molecule has 0 saturated heterocycles. The van der Waals surface area contributed by atoms with Gasteiger partial charge in [-0.05, 0) is 23.8 Å². The Morgan fingerprint density at radius 2 is 0.944 bits per heavy atom. The number of nitrogens with zero attached hydrogens (tertiary/aromatic N) is 3. The molecular formula is C49H29N3S2. The minimum atomic E-state index is 0.725. The smallest absolute Gasteiger partial charge is 0.160 e. The Balaban J connectivity index is 1.19. The van der Waals surface area contributed by atoms with Gasteiger partial charge in [0.2, 0.25) is 0 Å². The lowest BCUT2D eigenvalue weighted by Gasteiger charge is -2.12. The molecule has 0 radical (unpaired) electrons. The van der Waals surface area contributed by atoms with E-state index in [1.54, 1.807) is 0 Å². The maximum absolute atomic E-state index is 5.33. The Morgan fingerprint density at radius 3 is 1.72 bits per heavy atom. The van der Waals surface area contributed by atoms with Crippen LogP contribution in [0.25, 0.3) is 108 Å². The average molecular weight is 724 g/mol. The fourth-order valence-corrected chi connectivity index (χ4v) is 10.5. The van der Waals surface area contributed by atoms with E-state index in [9.17, 15) is 0 Å². The summed E-state index contributed by atoms with van der Waals surface area (Å²) < 4.78 is 3.81. The highest BCUT2D eigenvalue weighted by Crippen LogP contribution is 2.52.